The Morgan fingerprint density at radius 2 is 1.72 bits per heavy atom. The van der Waals surface area contributed by atoms with E-state index in [2.05, 4.69) is 55.6 Å². The number of likely N-dealkylation sites (N-methyl/N-ethyl adjacent to an activating group) is 1. The number of nitrogens with two attached hydrogens (primary N) is 1. The molecule has 0 aromatic heterocycles. The van der Waals surface area contributed by atoms with E-state index in [1.54, 1.807) is 0 Å². The quantitative estimate of drug-likeness (QED) is 0.634. The van der Waals surface area contributed by atoms with Crippen molar-refractivity contribution in [1.29, 1.82) is 0 Å². The second-order valence-electron chi connectivity index (χ2n) is 5.72. The fourth-order valence-electron chi connectivity index (χ4n) is 3.30. The lowest BCUT2D eigenvalue weighted by molar-refractivity contribution is 0.105. The third kappa shape index (κ3) is 2.30. The molecule has 0 aliphatic heterocycles. The lowest BCUT2D eigenvalue weighted by atomic mass is 9.82. The number of aryl methyl sites for hydroxylation is 1. The van der Waals surface area contributed by atoms with Crippen LogP contribution in [0.15, 0.2) is 24.3 Å². The van der Waals surface area contributed by atoms with Gasteiger partial charge in [-0.1, -0.05) is 42.7 Å². The van der Waals surface area contributed by atoms with Gasteiger partial charge in [0.15, 0.2) is 0 Å². The van der Waals surface area contributed by atoms with Crippen molar-refractivity contribution in [3.8, 4) is 0 Å². The molecule has 0 heterocycles. The van der Waals surface area contributed by atoms with Gasteiger partial charge in [0.05, 0.1) is 6.04 Å². The van der Waals surface area contributed by atoms with Crippen molar-refractivity contribution in [2.45, 2.75) is 44.2 Å². The molecule has 0 radical (unpaired) electrons. The molecule has 100 valence electrons. The van der Waals surface area contributed by atoms with Crippen molar-refractivity contribution in [3.63, 3.8) is 0 Å². The summed E-state index contributed by atoms with van der Waals surface area (Å²) in [6.45, 7) is 2.12. The largest absolute Gasteiger partial charge is 0.302 e. The smallest absolute Gasteiger partial charge is 0.0643 e. The van der Waals surface area contributed by atoms with Gasteiger partial charge >= 0.3 is 0 Å². The summed E-state index contributed by atoms with van der Waals surface area (Å²) in [6.07, 6.45) is 5.01. The minimum Gasteiger partial charge on any atom is -0.302 e. The van der Waals surface area contributed by atoms with Gasteiger partial charge in [-0.3, -0.25) is 11.3 Å². The highest BCUT2D eigenvalue weighted by molar-refractivity contribution is 5.27. The molecule has 2 rings (SSSR count). The normalized spacial score (nSPS) is 20.3. The van der Waals surface area contributed by atoms with Crippen LogP contribution in [0.3, 0.4) is 0 Å². The highest BCUT2D eigenvalue weighted by atomic mass is 15.3. The number of rotatable bonds is 4. The molecule has 0 bridgehead atoms. The van der Waals surface area contributed by atoms with Crippen molar-refractivity contribution in [2.75, 3.05) is 14.1 Å². The maximum absolute atomic E-state index is 5.87. The van der Waals surface area contributed by atoms with E-state index in [0.29, 0.717) is 0 Å². The predicted octanol–water partition coefficient (Wildman–Crippen LogP) is 2.37. The van der Waals surface area contributed by atoms with Gasteiger partial charge in [0, 0.05) is 5.54 Å². The lowest BCUT2D eigenvalue weighted by Gasteiger charge is -2.43. The fraction of sp³-hybridized carbons (Fsp3) is 0.600. The van der Waals surface area contributed by atoms with Crippen molar-refractivity contribution in [3.05, 3.63) is 35.4 Å². The predicted molar refractivity (Wildman–Crippen MR) is 76.1 cm³/mol. The number of nitrogens with one attached hydrogen (secondary N) is 1. The molecule has 0 amide bonds. The molecule has 0 spiro atoms. The highest BCUT2D eigenvalue weighted by Crippen LogP contribution is 2.43. The molecule has 3 heteroatoms. The molecular formula is C15H25N3. The van der Waals surface area contributed by atoms with Gasteiger partial charge in [0.25, 0.3) is 0 Å². The van der Waals surface area contributed by atoms with Crippen LogP contribution in [-0.4, -0.2) is 24.5 Å². The lowest BCUT2D eigenvalue weighted by Crippen LogP contribution is -2.53. The van der Waals surface area contributed by atoms with Crippen LogP contribution in [0, 0.1) is 6.92 Å². The number of hydrogen-bond donors (Lipinski definition) is 2. The first-order chi connectivity index (χ1) is 8.60. The van der Waals surface area contributed by atoms with Gasteiger partial charge < -0.3 is 4.90 Å². The molecule has 3 N–H and O–H groups in total. The molecule has 1 aliphatic carbocycles. The Kier molecular flexibility index (Phi) is 4.05. The Morgan fingerprint density at radius 3 is 2.17 bits per heavy atom. The molecule has 1 aliphatic rings. The summed E-state index contributed by atoms with van der Waals surface area (Å²) < 4.78 is 0. The van der Waals surface area contributed by atoms with Gasteiger partial charge in [-0.2, -0.15) is 0 Å². The zero-order chi connectivity index (χ0) is 13.2. The number of nitrogens with zero attached hydrogens (tertiary/aromatic N) is 1. The summed E-state index contributed by atoms with van der Waals surface area (Å²) in [5.41, 5.74) is 5.80. The molecular weight excluding hydrogens is 222 g/mol. The van der Waals surface area contributed by atoms with Gasteiger partial charge in [0.1, 0.15) is 0 Å². The average Bonchev–Trinajstić information content (AvgIpc) is 2.83. The van der Waals surface area contributed by atoms with Crippen LogP contribution in [0.25, 0.3) is 0 Å². The van der Waals surface area contributed by atoms with Crippen LogP contribution in [0.2, 0.25) is 0 Å². The molecule has 0 saturated heterocycles. The third-order valence-electron chi connectivity index (χ3n) is 4.47. The first-order valence-electron chi connectivity index (χ1n) is 6.80. The molecule has 1 atom stereocenters. The van der Waals surface area contributed by atoms with Crippen LogP contribution in [0.1, 0.15) is 42.9 Å². The molecule has 1 aromatic rings. The van der Waals surface area contributed by atoms with Gasteiger partial charge in [-0.25, -0.2) is 0 Å². The third-order valence-corrected chi connectivity index (χ3v) is 4.47. The first kappa shape index (κ1) is 13.5. The molecule has 1 fully saturated rings. The second-order valence-corrected chi connectivity index (χ2v) is 5.72. The van der Waals surface area contributed by atoms with E-state index in [4.69, 9.17) is 5.84 Å². The zero-order valence-electron chi connectivity index (χ0n) is 11.7. The molecule has 18 heavy (non-hydrogen) atoms. The van der Waals surface area contributed by atoms with Crippen molar-refractivity contribution >= 4 is 0 Å². The van der Waals surface area contributed by atoms with E-state index >= 15 is 0 Å². The van der Waals surface area contributed by atoms with Crippen molar-refractivity contribution in [2.24, 2.45) is 5.84 Å². The Balaban J connectivity index is 2.34. The summed E-state index contributed by atoms with van der Waals surface area (Å²) in [6, 6.07) is 8.93. The molecule has 3 nitrogen and oxygen atoms in total. The first-order valence-corrected chi connectivity index (χ1v) is 6.80. The van der Waals surface area contributed by atoms with Crippen molar-refractivity contribution < 1.29 is 0 Å². The summed E-state index contributed by atoms with van der Waals surface area (Å²) in [5.74, 6) is 5.87. The number of hydrogen-bond acceptors (Lipinski definition) is 3. The summed E-state index contributed by atoms with van der Waals surface area (Å²) in [7, 11) is 4.34. The molecule has 1 aromatic carbocycles. The minimum atomic E-state index is 0.157. The Hall–Kier alpha value is -0.900. The highest BCUT2D eigenvalue weighted by Gasteiger charge is 2.43. The fourth-order valence-corrected chi connectivity index (χ4v) is 3.30. The van der Waals surface area contributed by atoms with Crippen LogP contribution in [-0.2, 0) is 0 Å². The standard InChI is InChI=1S/C15H25N3/c1-12-6-8-13(9-7-12)14(17-16)15(18(2)3)10-4-5-11-15/h6-9,14,17H,4-5,10-11,16H2,1-3H3. The van der Waals surface area contributed by atoms with E-state index in [-0.39, 0.29) is 11.6 Å². The van der Waals surface area contributed by atoms with E-state index in [1.165, 1.54) is 36.8 Å². The minimum absolute atomic E-state index is 0.157. The summed E-state index contributed by atoms with van der Waals surface area (Å²) >= 11 is 0. The van der Waals surface area contributed by atoms with Crippen LogP contribution in [0.4, 0.5) is 0 Å². The monoisotopic (exact) mass is 247 g/mol. The maximum atomic E-state index is 5.87. The number of benzene rings is 1. The summed E-state index contributed by atoms with van der Waals surface area (Å²) in [4.78, 5) is 2.35. The van der Waals surface area contributed by atoms with Crippen LogP contribution >= 0.6 is 0 Å². The molecule has 1 unspecified atom stereocenters. The van der Waals surface area contributed by atoms with Crippen LogP contribution < -0.4 is 11.3 Å². The van der Waals surface area contributed by atoms with Crippen molar-refractivity contribution in [1.82, 2.24) is 10.3 Å². The van der Waals surface area contributed by atoms with Gasteiger partial charge in [-0.05, 0) is 39.4 Å². The second kappa shape index (κ2) is 5.39. The Labute approximate surface area is 110 Å². The van der Waals surface area contributed by atoms with Gasteiger partial charge in [0.2, 0.25) is 0 Å². The van der Waals surface area contributed by atoms with E-state index < -0.39 is 0 Å². The maximum Gasteiger partial charge on any atom is 0.0643 e. The van der Waals surface area contributed by atoms with E-state index in [0.717, 1.165) is 0 Å². The van der Waals surface area contributed by atoms with E-state index in [1.807, 2.05) is 0 Å². The number of hydrazine groups is 1. The van der Waals surface area contributed by atoms with Gasteiger partial charge in [-0.15, -0.1) is 0 Å². The van der Waals surface area contributed by atoms with Crippen LogP contribution in [0.5, 0.6) is 0 Å². The van der Waals surface area contributed by atoms with E-state index in [9.17, 15) is 0 Å². The topological polar surface area (TPSA) is 41.3 Å². The Bertz CT molecular complexity index is 377. The Morgan fingerprint density at radius 1 is 1.17 bits per heavy atom. The SMILES string of the molecule is Cc1ccc(C(NN)C2(N(C)C)CCCC2)cc1. The average molecular weight is 247 g/mol. The zero-order valence-corrected chi connectivity index (χ0v) is 11.7. The molecule has 1 saturated carbocycles. The summed E-state index contributed by atoms with van der Waals surface area (Å²) in [5, 5.41) is 0.